The van der Waals surface area contributed by atoms with Gasteiger partial charge in [0.15, 0.2) is 0 Å². The van der Waals surface area contributed by atoms with Crippen LogP contribution in [0, 0.1) is 0 Å². The predicted molar refractivity (Wildman–Crippen MR) is 93.8 cm³/mol. The van der Waals surface area contributed by atoms with Crippen LogP contribution in [0.15, 0.2) is 24.3 Å². The molecule has 0 bridgehead atoms. The molecule has 0 aromatic heterocycles. The number of halogens is 1. The van der Waals surface area contributed by atoms with Crippen LogP contribution in [0.25, 0.3) is 0 Å². The van der Waals surface area contributed by atoms with Crippen LogP contribution < -0.4 is 10.6 Å². The van der Waals surface area contributed by atoms with Gasteiger partial charge < -0.3 is 15.4 Å². The highest BCUT2D eigenvalue weighted by atomic mass is 35.5. The fourth-order valence-electron chi connectivity index (χ4n) is 2.94. The third kappa shape index (κ3) is 4.95. The number of carbonyl (C=O) groups is 2. The van der Waals surface area contributed by atoms with Gasteiger partial charge in [0.25, 0.3) is 0 Å². The molecule has 1 aromatic rings. The molecule has 1 aromatic carbocycles. The Morgan fingerprint density at radius 2 is 1.96 bits per heavy atom. The summed E-state index contributed by atoms with van der Waals surface area (Å²) in [4.78, 5) is 24.1. The molecule has 24 heavy (non-hydrogen) atoms. The smallest absolute Gasteiger partial charge is 0.309 e. The Labute approximate surface area is 148 Å². The summed E-state index contributed by atoms with van der Waals surface area (Å²) in [7, 11) is 1.56. The molecule has 2 amide bonds. The molecule has 5 nitrogen and oxygen atoms in total. The Kier molecular flexibility index (Phi) is 6.63. The van der Waals surface area contributed by atoms with Crippen molar-refractivity contribution in [3.8, 4) is 0 Å². The molecule has 0 spiro atoms. The number of carbonyl (C=O) groups excluding carboxylic acids is 2. The second kappa shape index (κ2) is 8.49. The van der Waals surface area contributed by atoms with E-state index in [1.807, 2.05) is 19.1 Å². The molecular formula is C18H25ClN2O3. The molecule has 1 unspecified atom stereocenters. The fourth-order valence-corrected chi connectivity index (χ4v) is 3.13. The number of benzene rings is 1. The Bertz CT molecular complexity index is 587. The van der Waals surface area contributed by atoms with Crippen molar-refractivity contribution >= 4 is 23.4 Å². The molecule has 1 atom stereocenters. The second-order valence-electron chi connectivity index (χ2n) is 6.44. The molecule has 1 fully saturated rings. The first-order valence-electron chi connectivity index (χ1n) is 8.34. The number of ether oxygens (including phenoxy) is 1. The number of methoxy groups -OCH3 is 1. The zero-order valence-electron chi connectivity index (χ0n) is 14.2. The molecule has 0 heterocycles. The van der Waals surface area contributed by atoms with Crippen LogP contribution in [0.2, 0.25) is 5.02 Å². The van der Waals surface area contributed by atoms with Gasteiger partial charge in [-0.15, -0.1) is 0 Å². The molecule has 2 N–H and O–H groups in total. The van der Waals surface area contributed by atoms with Gasteiger partial charge in [0.2, 0.25) is 0 Å². The highest BCUT2D eigenvalue weighted by Crippen LogP contribution is 2.26. The first-order valence-corrected chi connectivity index (χ1v) is 8.72. The zero-order valence-corrected chi connectivity index (χ0v) is 15.0. The summed E-state index contributed by atoms with van der Waals surface area (Å²) in [5.74, 6) is -1.21. The first-order chi connectivity index (χ1) is 11.4. The third-order valence-corrected chi connectivity index (χ3v) is 4.85. The normalized spacial score (nSPS) is 17.8. The van der Waals surface area contributed by atoms with E-state index in [0.29, 0.717) is 5.02 Å². The standard InChI is InChI=1S/C18H25ClN2O3/c1-18(24-2,13-7-6-8-14(19)11-13)12-20-16(22)17(23)21-15-9-4-3-5-10-15/h6-8,11,15H,3-5,9-10,12H2,1-2H3,(H,20,22)(H,21,23). The van der Waals surface area contributed by atoms with Crippen molar-refractivity contribution in [3.05, 3.63) is 34.9 Å². The lowest BCUT2D eigenvalue weighted by Crippen LogP contribution is -2.48. The van der Waals surface area contributed by atoms with Gasteiger partial charge in [0, 0.05) is 18.2 Å². The van der Waals surface area contributed by atoms with Crippen LogP contribution in [0.3, 0.4) is 0 Å². The molecule has 132 valence electrons. The van der Waals surface area contributed by atoms with Crippen molar-refractivity contribution in [2.75, 3.05) is 13.7 Å². The van der Waals surface area contributed by atoms with Gasteiger partial charge in [-0.1, -0.05) is 43.0 Å². The molecule has 6 heteroatoms. The van der Waals surface area contributed by atoms with Crippen molar-refractivity contribution in [3.63, 3.8) is 0 Å². The number of amides is 2. The molecule has 2 rings (SSSR count). The third-order valence-electron chi connectivity index (χ3n) is 4.62. The quantitative estimate of drug-likeness (QED) is 0.801. The summed E-state index contributed by atoms with van der Waals surface area (Å²) in [6.07, 6.45) is 5.28. The van der Waals surface area contributed by atoms with Gasteiger partial charge in [0.1, 0.15) is 5.60 Å². The van der Waals surface area contributed by atoms with Gasteiger partial charge in [-0.25, -0.2) is 0 Å². The van der Waals surface area contributed by atoms with Crippen molar-refractivity contribution in [1.29, 1.82) is 0 Å². The van der Waals surface area contributed by atoms with Crippen molar-refractivity contribution in [2.45, 2.75) is 50.7 Å². The maximum atomic E-state index is 12.1. The van der Waals surface area contributed by atoms with E-state index >= 15 is 0 Å². The second-order valence-corrected chi connectivity index (χ2v) is 6.87. The number of hydrogen-bond acceptors (Lipinski definition) is 3. The van der Waals surface area contributed by atoms with Crippen molar-refractivity contribution < 1.29 is 14.3 Å². The van der Waals surface area contributed by atoms with Crippen molar-refractivity contribution in [2.24, 2.45) is 0 Å². The topological polar surface area (TPSA) is 67.4 Å². The largest absolute Gasteiger partial charge is 0.372 e. The average Bonchev–Trinajstić information content (AvgIpc) is 2.60. The first kappa shape index (κ1) is 18.7. The van der Waals surface area contributed by atoms with Crippen LogP contribution in [0.1, 0.15) is 44.6 Å². The summed E-state index contributed by atoms with van der Waals surface area (Å²) < 4.78 is 5.55. The van der Waals surface area contributed by atoms with Crippen molar-refractivity contribution in [1.82, 2.24) is 10.6 Å². The lowest BCUT2D eigenvalue weighted by molar-refractivity contribution is -0.140. The Morgan fingerprint density at radius 3 is 2.58 bits per heavy atom. The highest BCUT2D eigenvalue weighted by molar-refractivity contribution is 6.35. The van der Waals surface area contributed by atoms with E-state index in [1.54, 1.807) is 19.2 Å². The zero-order chi connectivity index (χ0) is 17.6. The number of nitrogens with one attached hydrogen (secondary N) is 2. The Morgan fingerprint density at radius 1 is 1.25 bits per heavy atom. The predicted octanol–water partition coefficient (Wildman–Crippen LogP) is 2.77. The average molecular weight is 353 g/mol. The van der Waals surface area contributed by atoms with E-state index in [2.05, 4.69) is 10.6 Å². The molecule has 0 aliphatic heterocycles. The van der Waals surface area contributed by atoms with E-state index < -0.39 is 17.4 Å². The Hall–Kier alpha value is -1.59. The fraction of sp³-hybridized carbons (Fsp3) is 0.556. The minimum Gasteiger partial charge on any atom is -0.372 e. The molecular weight excluding hydrogens is 328 g/mol. The lowest BCUT2D eigenvalue weighted by atomic mass is 9.95. The molecule has 1 aliphatic carbocycles. The van der Waals surface area contributed by atoms with Crippen LogP contribution in [-0.4, -0.2) is 31.5 Å². The molecule has 0 radical (unpaired) electrons. The van der Waals surface area contributed by atoms with Crippen LogP contribution in [0.4, 0.5) is 0 Å². The Balaban J connectivity index is 1.91. The maximum Gasteiger partial charge on any atom is 0.309 e. The van der Waals surface area contributed by atoms with E-state index in [4.69, 9.17) is 16.3 Å². The van der Waals surface area contributed by atoms with Gasteiger partial charge in [-0.3, -0.25) is 9.59 Å². The monoisotopic (exact) mass is 352 g/mol. The van der Waals surface area contributed by atoms with Gasteiger partial charge in [-0.05, 0) is 37.5 Å². The lowest BCUT2D eigenvalue weighted by Gasteiger charge is -2.29. The van der Waals surface area contributed by atoms with E-state index in [-0.39, 0.29) is 12.6 Å². The van der Waals surface area contributed by atoms with E-state index in [1.165, 1.54) is 6.42 Å². The van der Waals surface area contributed by atoms with Crippen LogP contribution >= 0.6 is 11.6 Å². The summed E-state index contributed by atoms with van der Waals surface area (Å²) >= 11 is 6.02. The van der Waals surface area contributed by atoms with E-state index in [9.17, 15) is 9.59 Å². The summed E-state index contributed by atoms with van der Waals surface area (Å²) in [5, 5.41) is 6.07. The van der Waals surface area contributed by atoms with Crippen LogP contribution in [-0.2, 0) is 19.9 Å². The van der Waals surface area contributed by atoms with E-state index in [0.717, 1.165) is 31.2 Å². The number of hydrogen-bond donors (Lipinski definition) is 2. The summed E-state index contributed by atoms with van der Waals surface area (Å²) in [6, 6.07) is 7.38. The van der Waals surface area contributed by atoms with Gasteiger partial charge in [0.05, 0.1) is 6.54 Å². The van der Waals surface area contributed by atoms with Gasteiger partial charge in [-0.2, -0.15) is 0 Å². The maximum absolute atomic E-state index is 12.1. The summed E-state index contributed by atoms with van der Waals surface area (Å²) in [5.41, 5.74) is 0.0802. The minimum absolute atomic E-state index is 0.110. The molecule has 1 saturated carbocycles. The number of rotatable bonds is 5. The molecule has 0 saturated heterocycles. The van der Waals surface area contributed by atoms with Crippen LogP contribution in [0.5, 0.6) is 0 Å². The molecule has 1 aliphatic rings. The summed E-state index contributed by atoms with van der Waals surface area (Å²) in [6.45, 7) is 2.03. The van der Waals surface area contributed by atoms with Gasteiger partial charge >= 0.3 is 11.8 Å². The SMILES string of the molecule is COC(C)(CNC(=O)C(=O)NC1CCCCC1)c1cccc(Cl)c1. The minimum atomic E-state index is -0.758. The highest BCUT2D eigenvalue weighted by Gasteiger charge is 2.29.